The van der Waals surface area contributed by atoms with Gasteiger partial charge in [-0.05, 0) is 13.0 Å². The fourth-order valence-corrected chi connectivity index (χ4v) is 2.20. The number of aromatic nitrogens is 2. The number of carbonyl (C=O) groups is 3. The number of hydrogen-bond donors (Lipinski definition) is 1. The van der Waals surface area contributed by atoms with E-state index in [9.17, 15) is 27.6 Å². The Hall–Kier alpha value is -2.52. The molecule has 10 heteroatoms. The number of nitrogens with zero attached hydrogens (tertiary/aromatic N) is 3. The van der Waals surface area contributed by atoms with Crippen LogP contribution in [0.5, 0.6) is 0 Å². The third kappa shape index (κ3) is 4.49. The minimum absolute atomic E-state index is 0.00159. The van der Waals surface area contributed by atoms with E-state index in [2.05, 4.69) is 15.3 Å². The van der Waals surface area contributed by atoms with Crippen molar-refractivity contribution in [2.45, 2.75) is 32.4 Å². The van der Waals surface area contributed by atoms with E-state index in [0.29, 0.717) is 0 Å². The molecular weight excluding hydrogens is 329 g/mol. The molecule has 2 rings (SSSR count). The van der Waals surface area contributed by atoms with Crippen molar-refractivity contribution in [2.75, 3.05) is 13.1 Å². The van der Waals surface area contributed by atoms with E-state index < -0.39 is 29.6 Å². The van der Waals surface area contributed by atoms with E-state index in [-0.39, 0.29) is 43.9 Å². The number of rotatable bonds is 5. The summed E-state index contributed by atoms with van der Waals surface area (Å²) in [6, 6.07) is 0.840. The molecule has 1 aliphatic rings. The molecule has 130 valence electrons. The topological polar surface area (TPSA) is 92.3 Å². The van der Waals surface area contributed by atoms with Crippen LogP contribution >= 0.6 is 0 Å². The molecule has 1 fully saturated rings. The molecule has 0 saturated carbocycles. The molecule has 1 aromatic heterocycles. The van der Waals surface area contributed by atoms with E-state index in [1.165, 1.54) is 6.92 Å². The maximum Gasteiger partial charge on any atom is 0.433 e. The lowest BCUT2D eigenvalue weighted by molar-refractivity contribution is -0.142. The minimum atomic E-state index is -4.57. The first-order valence-electron chi connectivity index (χ1n) is 7.18. The average molecular weight is 344 g/mol. The zero-order valence-electron chi connectivity index (χ0n) is 12.8. The first-order chi connectivity index (χ1) is 11.2. The normalized spacial score (nSPS) is 15.1. The van der Waals surface area contributed by atoms with Crippen molar-refractivity contribution < 1.29 is 27.6 Å². The summed E-state index contributed by atoms with van der Waals surface area (Å²) in [5, 5.41) is 2.43. The number of carbonyl (C=O) groups excluding carboxylic acids is 3. The quantitative estimate of drug-likeness (QED) is 0.790. The molecule has 2 heterocycles. The zero-order chi connectivity index (χ0) is 17.9. The summed E-state index contributed by atoms with van der Waals surface area (Å²) in [5.41, 5.74) is -0.864. The number of alkyl halides is 3. The predicted molar refractivity (Wildman–Crippen MR) is 74.4 cm³/mol. The highest BCUT2D eigenvalue weighted by atomic mass is 19.4. The Morgan fingerprint density at radius 2 is 1.88 bits per heavy atom. The molecule has 1 saturated heterocycles. The van der Waals surface area contributed by atoms with E-state index in [1.54, 1.807) is 0 Å². The van der Waals surface area contributed by atoms with Crippen LogP contribution in [0.1, 0.15) is 30.1 Å². The Bertz CT molecular complexity index is 660. The Morgan fingerprint density at radius 3 is 2.46 bits per heavy atom. The molecule has 0 atom stereocenters. The van der Waals surface area contributed by atoms with Gasteiger partial charge in [0.15, 0.2) is 0 Å². The molecule has 0 spiro atoms. The molecule has 24 heavy (non-hydrogen) atoms. The molecule has 1 N–H and O–H groups in total. The largest absolute Gasteiger partial charge is 0.433 e. The Kier molecular flexibility index (Phi) is 5.15. The van der Waals surface area contributed by atoms with Crippen LogP contribution < -0.4 is 5.32 Å². The van der Waals surface area contributed by atoms with E-state index in [1.807, 2.05) is 0 Å². The van der Waals surface area contributed by atoms with Crippen molar-refractivity contribution >= 4 is 17.7 Å². The van der Waals surface area contributed by atoms with Crippen LogP contribution in [0.25, 0.3) is 0 Å². The van der Waals surface area contributed by atoms with E-state index in [0.717, 1.165) is 11.0 Å². The number of likely N-dealkylation sites (tertiary alicyclic amines) is 1. The summed E-state index contributed by atoms with van der Waals surface area (Å²) < 4.78 is 38.0. The van der Waals surface area contributed by atoms with Gasteiger partial charge in [0.2, 0.25) is 17.7 Å². The first kappa shape index (κ1) is 17.8. The number of aryl methyl sites for hydroxylation is 1. The SMILES string of the molecule is Cc1cc(C(F)(F)F)nc(CCNC(=O)CN2C(=O)CCC2=O)n1. The van der Waals surface area contributed by atoms with Crippen LogP contribution in [-0.2, 0) is 27.0 Å². The van der Waals surface area contributed by atoms with Gasteiger partial charge in [0, 0.05) is 31.5 Å². The number of amides is 3. The maximum absolute atomic E-state index is 12.7. The van der Waals surface area contributed by atoms with E-state index >= 15 is 0 Å². The second-order valence-corrected chi connectivity index (χ2v) is 5.28. The smallest absolute Gasteiger partial charge is 0.354 e. The Balaban J connectivity index is 1.88. The van der Waals surface area contributed by atoms with Crippen molar-refractivity contribution in [1.29, 1.82) is 0 Å². The summed E-state index contributed by atoms with van der Waals surface area (Å²) in [6.07, 6.45) is -4.40. The lowest BCUT2D eigenvalue weighted by Crippen LogP contribution is -2.40. The standard InChI is InChI=1S/C14H15F3N4O3/c1-8-6-9(14(15,16)17)20-10(19-8)4-5-18-11(22)7-21-12(23)2-3-13(21)24/h6H,2-5,7H2,1H3,(H,18,22). The second-order valence-electron chi connectivity index (χ2n) is 5.28. The average Bonchev–Trinajstić information content (AvgIpc) is 2.78. The summed E-state index contributed by atoms with van der Waals surface area (Å²) in [4.78, 5) is 42.6. The van der Waals surface area contributed by atoms with Gasteiger partial charge >= 0.3 is 6.18 Å². The van der Waals surface area contributed by atoms with Gasteiger partial charge in [-0.25, -0.2) is 9.97 Å². The van der Waals surface area contributed by atoms with Gasteiger partial charge in [-0.15, -0.1) is 0 Å². The molecule has 0 aromatic carbocycles. The number of imide groups is 1. The highest BCUT2D eigenvalue weighted by Gasteiger charge is 2.33. The highest BCUT2D eigenvalue weighted by molar-refractivity contribution is 6.04. The van der Waals surface area contributed by atoms with Gasteiger partial charge in [0.25, 0.3) is 0 Å². The number of hydrogen-bond acceptors (Lipinski definition) is 5. The lowest BCUT2D eigenvalue weighted by atomic mass is 10.3. The number of nitrogens with one attached hydrogen (secondary N) is 1. The molecule has 1 aromatic rings. The van der Waals surface area contributed by atoms with Crippen molar-refractivity contribution in [1.82, 2.24) is 20.2 Å². The van der Waals surface area contributed by atoms with Crippen LogP contribution in [0.4, 0.5) is 13.2 Å². The maximum atomic E-state index is 12.7. The van der Waals surface area contributed by atoms with Gasteiger partial charge in [-0.2, -0.15) is 13.2 Å². The van der Waals surface area contributed by atoms with Crippen LogP contribution in [0.3, 0.4) is 0 Å². The van der Waals surface area contributed by atoms with Crippen molar-refractivity contribution in [3.8, 4) is 0 Å². The predicted octanol–water partition coefficient (Wildman–Crippen LogP) is 0.612. The third-order valence-corrected chi connectivity index (χ3v) is 3.32. The monoisotopic (exact) mass is 344 g/mol. The molecule has 3 amide bonds. The molecule has 0 radical (unpaired) electrons. The van der Waals surface area contributed by atoms with Gasteiger partial charge < -0.3 is 5.32 Å². The van der Waals surface area contributed by atoms with Gasteiger partial charge in [-0.1, -0.05) is 0 Å². The second kappa shape index (κ2) is 6.93. The summed E-state index contributed by atoms with van der Waals surface area (Å²) in [7, 11) is 0. The third-order valence-electron chi connectivity index (χ3n) is 3.32. The lowest BCUT2D eigenvalue weighted by Gasteiger charge is -2.13. The summed E-state index contributed by atoms with van der Waals surface area (Å²) in [5.74, 6) is -1.43. The van der Waals surface area contributed by atoms with Crippen molar-refractivity contribution in [3.63, 3.8) is 0 Å². The first-order valence-corrected chi connectivity index (χ1v) is 7.18. The summed E-state index contributed by atoms with van der Waals surface area (Å²) >= 11 is 0. The van der Waals surface area contributed by atoms with E-state index in [4.69, 9.17) is 0 Å². The molecule has 7 nitrogen and oxygen atoms in total. The Morgan fingerprint density at radius 1 is 1.25 bits per heavy atom. The van der Waals surface area contributed by atoms with Gasteiger partial charge in [-0.3, -0.25) is 19.3 Å². The fraction of sp³-hybridized carbons (Fsp3) is 0.500. The van der Waals surface area contributed by atoms with Gasteiger partial charge in [0.1, 0.15) is 18.1 Å². The fourth-order valence-electron chi connectivity index (χ4n) is 2.20. The minimum Gasteiger partial charge on any atom is -0.354 e. The van der Waals surface area contributed by atoms with Crippen LogP contribution in [-0.4, -0.2) is 45.7 Å². The van der Waals surface area contributed by atoms with Crippen LogP contribution in [0.2, 0.25) is 0 Å². The molecule has 1 aliphatic heterocycles. The molecule has 0 unspecified atom stereocenters. The van der Waals surface area contributed by atoms with Crippen LogP contribution in [0, 0.1) is 6.92 Å². The van der Waals surface area contributed by atoms with Crippen molar-refractivity contribution in [3.05, 3.63) is 23.3 Å². The summed E-state index contributed by atoms with van der Waals surface area (Å²) in [6.45, 7) is 1.03. The van der Waals surface area contributed by atoms with Crippen LogP contribution in [0.15, 0.2) is 6.07 Å². The molecule has 0 aliphatic carbocycles. The van der Waals surface area contributed by atoms with Gasteiger partial charge in [0.05, 0.1) is 0 Å². The highest BCUT2D eigenvalue weighted by Crippen LogP contribution is 2.27. The van der Waals surface area contributed by atoms with Crippen molar-refractivity contribution in [2.24, 2.45) is 0 Å². The number of halogens is 3. The molecule has 0 bridgehead atoms. The zero-order valence-corrected chi connectivity index (χ0v) is 12.8. The molecular formula is C14H15F3N4O3. The Labute approximate surface area is 135 Å².